The highest BCUT2D eigenvalue weighted by atomic mass is 19.1. The maximum atomic E-state index is 13.6. The molecular weight excluding hydrogens is 253 g/mol. The fourth-order valence-corrected chi connectivity index (χ4v) is 2.19. The van der Waals surface area contributed by atoms with Crippen LogP contribution >= 0.6 is 0 Å². The second kappa shape index (κ2) is 7.17. The molecule has 0 spiro atoms. The zero-order valence-electron chi connectivity index (χ0n) is 11.6. The van der Waals surface area contributed by atoms with Gasteiger partial charge in [0.2, 0.25) is 0 Å². The molecule has 2 N–H and O–H groups in total. The maximum Gasteiger partial charge on any atom is 0.127 e. The Morgan fingerprint density at radius 2 is 1.90 bits per heavy atom. The first kappa shape index (κ1) is 14.7. The van der Waals surface area contributed by atoms with Crippen LogP contribution in [0.15, 0.2) is 48.5 Å². The Morgan fingerprint density at radius 3 is 2.60 bits per heavy atom. The van der Waals surface area contributed by atoms with Crippen molar-refractivity contribution in [3.63, 3.8) is 0 Å². The molecular formula is C17H20FNO. The van der Waals surface area contributed by atoms with Gasteiger partial charge in [0.05, 0.1) is 6.61 Å². The molecule has 2 aromatic carbocycles. The number of rotatable bonds is 6. The van der Waals surface area contributed by atoms with Crippen molar-refractivity contribution in [1.29, 1.82) is 0 Å². The van der Waals surface area contributed by atoms with E-state index in [1.54, 1.807) is 6.07 Å². The lowest BCUT2D eigenvalue weighted by atomic mass is 10.1. The van der Waals surface area contributed by atoms with Gasteiger partial charge >= 0.3 is 0 Å². The molecule has 0 amide bonds. The standard InChI is InChI=1S/C17H20FNO/c1-13-7-8-17(18)15(9-13)11-19-16(12-20)10-14-5-3-2-4-6-14/h2-9,16,19-20H,10-12H2,1H3/t16-/m1/s1. The van der Waals surface area contributed by atoms with Crippen molar-refractivity contribution in [2.24, 2.45) is 0 Å². The Bertz CT molecular complexity index is 542. The molecule has 20 heavy (non-hydrogen) atoms. The van der Waals surface area contributed by atoms with E-state index in [1.165, 1.54) is 6.07 Å². The van der Waals surface area contributed by atoms with Gasteiger partial charge in [0.15, 0.2) is 0 Å². The quantitative estimate of drug-likeness (QED) is 0.848. The van der Waals surface area contributed by atoms with Gasteiger partial charge in [-0.15, -0.1) is 0 Å². The lowest BCUT2D eigenvalue weighted by Gasteiger charge is -2.17. The van der Waals surface area contributed by atoms with Crippen molar-refractivity contribution in [2.75, 3.05) is 6.61 Å². The van der Waals surface area contributed by atoms with Gasteiger partial charge in [-0.1, -0.05) is 48.0 Å². The van der Waals surface area contributed by atoms with Crippen LogP contribution in [0.2, 0.25) is 0 Å². The van der Waals surface area contributed by atoms with Crippen LogP contribution in [0.25, 0.3) is 0 Å². The summed E-state index contributed by atoms with van der Waals surface area (Å²) in [5.74, 6) is -0.209. The van der Waals surface area contributed by atoms with Crippen LogP contribution in [0.3, 0.4) is 0 Å². The zero-order chi connectivity index (χ0) is 14.4. The number of hydrogen-bond acceptors (Lipinski definition) is 2. The zero-order valence-corrected chi connectivity index (χ0v) is 11.6. The molecule has 1 atom stereocenters. The molecule has 0 heterocycles. The third-order valence-corrected chi connectivity index (χ3v) is 3.33. The first-order valence-corrected chi connectivity index (χ1v) is 6.82. The van der Waals surface area contributed by atoms with Crippen LogP contribution in [0, 0.1) is 12.7 Å². The number of hydrogen-bond donors (Lipinski definition) is 2. The van der Waals surface area contributed by atoms with Crippen LogP contribution in [0.1, 0.15) is 16.7 Å². The van der Waals surface area contributed by atoms with Crippen LogP contribution in [0.5, 0.6) is 0 Å². The van der Waals surface area contributed by atoms with Crippen LogP contribution in [-0.2, 0) is 13.0 Å². The van der Waals surface area contributed by atoms with Gasteiger partial charge in [0.1, 0.15) is 5.82 Å². The highest BCUT2D eigenvalue weighted by molar-refractivity contribution is 5.24. The Labute approximate surface area is 119 Å². The van der Waals surface area contributed by atoms with Gasteiger partial charge in [-0.25, -0.2) is 4.39 Å². The van der Waals surface area contributed by atoms with Crippen LogP contribution in [0.4, 0.5) is 4.39 Å². The smallest absolute Gasteiger partial charge is 0.127 e. The predicted octanol–water partition coefficient (Wildman–Crippen LogP) is 2.83. The number of aliphatic hydroxyl groups excluding tert-OH is 1. The third kappa shape index (κ3) is 4.15. The monoisotopic (exact) mass is 273 g/mol. The SMILES string of the molecule is Cc1ccc(F)c(CN[C@@H](CO)Cc2ccccc2)c1. The van der Waals surface area contributed by atoms with E-state index in [1.807, 2.05) is 43.3 Å². The van der Waals surface area contributed by atoms with E-state index < -0.39 is 0 Å². The Morgan fingerprint density at radius 1 is 1.15 bits per heavy atom. The van der Waals surface area contributed by atoms with E-state index in [2.05, 4.69) is 5.32 Å². The molecule has 0 aliphatic rings. The van der Waals surface area contributed by atoms with E-state index in [0.29, 0.717) is 12.1 Å². The van der Waals surface area contributed by atoms with Crippen molar-refractivity contribution >= 4 is 0 Å². The summed E-state index contributed by atoms with van der Waals surface area (Å²) in [5, 5.41) is 12.6. The van der Waals surface area contributed by atoms with Crippen molar-refractivity contribution in [2.45, 2.75) is 25.9 Å². The summed E-state index contributed by atoms with van der Waals surface area (Å²) in [6.07, 6.45) is 0.727. The van der Waals surface area contributed by atoms with Gasteiger partial charge < -0.3 is 10.4 Å². The van der Waals surface area contributed by atoms with Gasteiger partial charge in [-0.3, -0.25) is 0 Å². The predicted molar refractivity (Wildman–Crippen MR) is 79.0 cm³/mol. The van der Waals surface area contributed by atoms with Gasteiger partial charge in [0, 0.05) is 18.2 Å². The topological polar surface area (TPSA) is 32.3 Å². The number of aryl methyl sites for hydroxylation is 1. The van der Waals surface area contributed by atoms with E-state index in [4.69, 9.17) is 0 Å². The van der Waals surface area contributed by atoms with Crippen LogP contribution in [-0.4, -0.2) is 17.8 Å². The fourth-order valence-electron chi connectivity index (χ4n) is 2.19. The van der Waals surface area contributed by atoms with Crippen molar-refractivity contribution < 1.29 is 9.50 Å². The number of halogens is 1. The number of benzene rings is 2. The summed E-state index contributed by atoms with van der Waals surface area (Å²) in [6.45, 7) is 2.39. The lowest BCUT2D eigenvalue weighted by molar-refractivity contribution is 0.240. The molecule has 0 unspecified atom stereocenters. The molecule has 3 heteroatoms. The molecule has 0 fully saturated rings. The molecule has 2 rings (SSSR count). The summed E-state index contributed by atoms with van der Waals surface area (Å²) < 4.78 is 13.6. The summed E-state index contributed by atoms with van der Waals surface area (Å²) >= 11 is 0. The van der Waals surface area contributed by atoms with Crippen LogP contribution < -0.4 is 5.32 Å². The second-order valence-corrected chi connectivity index (χ2v) is 5.04. The number of nitrogens with one attached hydrogen (secondary N) is 1. The summed E-state index contributed by atoms with van der Waals surface area (Å²) in [4.78, 5) is 0. The minimum absolute atomic E-state index is 0.0301. The van der Waals surface area contributed by atoms with Crippen molar-refractivity contribution in [3.05, 3.63) is 71.0 Å². The summed E-state index contributed by atoms with van der Waals surface area (Å²) in [5.41, 5.74) is 2.83. The van der Waals surface area contributed by atoms with Crippen molar-refractivity contribution in [3.8, 4) is 0 Å². The highest BCUT2D eigenvalue weighted by Gasteiger charge is 2.09. The average Bonchev–Trinajstić information content (AvgIpc) is 2.47. The molecule has 2 aromatic rings. The lowest BCUT2D eigenvalue weighted by Crippen LogP contribution is -2.34. The highest BCUT2D eigenvalue weighted by Crippen LogP contribution is 2.10. The molecule has 0 aliphatic carbocycles. The van der Waals surface area contributed by atoms with Gasteiger partial charge in [0.25, 0.3) is 0 Å². The molecule has 0 radical (unpaired) electrons. The number of aliphatic hydroxyl groups is 1. The van der Waals surface area contributed by atoms with Crippen molar-refractivity contribution in [1.82, 2.24) is 5.32 Å². The molecule has 0 bridgehead atoms. The Hall–Kier alpha value is -1.71. The Kier molecular flexibility index (Phi) is 5.27. The fraction of sp³-hybridized carbons (Fsp3) is 0.294. The molecule has 0 aliphatic heterocycles. The van der Waals surface area contributed by atoms with Gasteiger partial charge in [-0.05, 0) is 25.0 Å². The second-order valence-electron chi connectivity index (χ2n) is 5.04. The first-order chi connectivity index (χ1) is 9.69. The van der Waals surface area contributed by atoms with E-state index in [-0.39, 0.29) is 18.5 Å². The Balaban J connectivity index is 1.95. The molecule has 2 nitrogen and oxygen atoms in total. The third-order valence-electron chi connectivity index (χ3n) is 3.33. The molecule has 0 saturated heterocycles. The molecule has 0 saturated carbocycles. The van der Waals surface area contributed by atoms with Gasteiger partial charge in [-0.2, -0.15) is 0 Å². The largest absolute Gasteiger partial charge is 0.395 e. The van der Waals surface area contributed by atoms with E-state index in [9.17, 15) is 9.50 Å². The summed E-state index contributed by atoms with van der Waals surface area (Å²) in [6, 6.07) is 15.0. The molecule has 106 valence electrons. The maximum absolute atomic E-state index is 13.6. The van der Waals surface area contributed by atoms with E-state index in [0.717, 1.165) is 17.5 Å². The minimum Gasteiger partial charge on any atom is -0.395 e. The minimum atomic E-state index is -0.209. The normalized spacial score (nSPS) is 12.3. The summed E-state index contributed by atoms with van der Waals surface area (Å²) in [7, 11) is 0. The van der Waals surface area contributed by atoms with E-state index >= 15 is 0 Å². The first-order valence-electron chi connectivity index (χ1n) is 6.82. The average molecular weight is 273 g/mol. The molecule has 0 aromatic heterocycles.